The Bertz CT molecular complexity index is 917. The third-order valence-electron chi connectivity index (χ3n) is 7.35. The maximum absolute atomic E-state index is 13.1. The fourth-order valence-corrected chi connectivity index (χ4v) is 5.92. The molecule has 1 atom stereocenters. The Morgan fingerprint density at radius 1 is 0.938 bits per heavy atom. The van der Waals surface area contributed by atoms with E-state index in [-0.39, 0.29) is 23.8 Å². The molecule has 2 aliphatic heterocycles. The lowest BCUT2D eigenvalue weighted by Crippen LogP contribution is -2.49. The number of thiophene rings is 1. The van der Waals surface area contributed by atoms with E-state index in [4.69, 9.17) is 4.74 Å². The van der Waals surface area contributed by atoms with Gasteiger partial charge in [-0.15, -0.1) is 11.3 Å². The van der Waals surface area contributed by atoms with Gasteiger partial charge in [-0.05, 0) is 48.3 Å². The predicted molar refractivity (Wildman–Crippen MR) is 124 cm³/mol. The van der Waals surface area contributed by atoms with Crippen molar-refractivity contribution < 1.29 is 14.3 Å². The van der Waals surface area contributed by atoms with Crippen LogP contribution < -0.4 is 4.74 Å². The van der Waals surface area contributed by atoms with Gasteiger partial charge in [0.25, 0.3) is 5.91 Å². The average Bonchev–Trinajstić information content (AvgIpc) is 3.27. The van der Waals surface area contributed by atoms with Crippen LogP contribution in [0.2, 0.25) is 0 Å². The first kappa shape index (κ1) is 21.5. The van der Waals surface area contributed by atoms with Gasteiger partial charge in [0.1, 0.15) is 5.75 Å². The van der Waals surface area contributed by atoms with Crippen LogP contribution in [0.15, 0.2) is 47.8 Å². The molecule has 3 heterocycles. The maximum atomic E-state index is 13.1. The predicted octanol–water partition coefficient (Wildman–Crippen LogP) is 3.10. The van der Waals surface area contributed by atoms with Crippen molar-refractivity contribution in [2.24, 2.45) is 11.3 Å². The van der Waals surface area contributed by atoms with E-state index in [0.29, 0.717) is 5.91 Å². The molecule has 0 radical (unpaired) electrons. The third-order valence-corrected chi connectivity index (χ3v) is 8.21. The molecule has 0 N–H and O–H groups in total. The normalized spacial score (nSPS) is 22.7. The second-order valence-corrected chi connectivity index (χ2v) is 10.3. The Morgan fingerprint density at radius 3 is 2.38 bits per heavy atom. The molecule has 2 aromatic rings. The molecule has 1 unspecified atom stereocenters. The van der Waals surface area contributed by atoms with E-state index in [1.54, 1.807) is 11.3 Å². The minimum absolute atomic E-state index is 0.0362. The van der Waals surface area contributed by atoms with Gasteiger partial charge in [0, 0.05) is 56.6 Å². The molecule has 0 bridgehead atoms. The largest absolute Gasteiger partial charge is 0.484 e. The first-order valence-corrected chi connectivity index (χ1v) is 12.5. The number of hydrogen-bond acceptors (Lipinski definition) is 5. The summed E-state index contributed by atoms with van der Waals surface area (Å²) in [7, 11) is 0. The molecule has 1 spiro atoms. The van der Waals surface area contributed by atoms with Gasteiger partial charge >= 0.3 is 0 Å². The van der Waals surface area contributed by atoms with Crippen molar-refractivity contribution in [3.05, 3.63) is 52.7 Å². The van der Waals surface area contributed by atoms with Gasteiger partial charge in [0.2, 0.25) is 5.91 Å². The maximum Gasteiger partial charge on any atom is 0.260 e. The third kappa shape index (κ3) is 4.69. The fourth-order valence-electron chi connectivity index (χ4n) is 5.17. The SMILES string of the molecule is O=C(COc1ccccc1)N1CCC2(CC1)CC2C(=O)N1CCN(Cc2cccs2)CC1. The number of likely N-dealkylation sites (tertiary alicyclic amines) is 1. The van der Waals surface area contributed by atoms with Crippen LogP contribution in [0, 0.1) is 11.3 Å². The van der Waals surface area contributed by atoms with Crippen LogP contribution in [-0.2, 0) is 16.1 Å². The van der Waals surface area contributed by atoms with Crippen molar-refractivity contribution in [1.29, 1.82) is 0 Å². The number of piperidine rings is 1. The van der Waals surface area contributed by atoms with E-state index in [1.807, 2.05) is 35.2 Å². The molecule has 1 aliphatic carbocycles. The summed E-state index contributed by atoms with van der Waals surface area (Å²) in [5.41, 5.74) is 0.127. The number of carbonyl (C=O) groups excluding carboxylic acids is 2. The Hall–Kier alpha value is -2.38. The highest BCUT2D eigenvalue weighted by Gasteiger charge is 2.59. The zero-order valence-corrected chi connectivity index (χ0v) is 19.3. The van der Waals surface area contributed by atoms with Crippen molar-refractivity contribution in [2.75, 3.05) is 45.9 Å². The van der Waals surface area contributed by atoms with Crippen LogP contribution in [-0.4, -0.2) is 72.4 Å². The summed E-state index contributed by atoms with van der Waals surface area (Å²) in [6.07, 6.45) is 2.85. The second kappa shape index (κ2) is 9.24. The lowest BCUT2D eigenvalue weighted by Gasteiger charge is -2.36. The van der Waals surface area contributed by atoms with Crippen LogP contribution >= 0.6 is 11.3 Å². The Balaban J connectivity index is 1.05. The van der Waals surface area contributed by atoms with E-state index >= 15 is 0 Å². The standard InChI is InChI=1S/C25H31N3O3S/c29-23(19-31-20-5-2-1-3-6-20)27-10-8-25(9-11-27)17-22(25)24(30)28-14-12-26(13-15-28)18-21-7-4-16-32-21/h1-7,16,22H,8-15,17-19H2. The van der Waals surface area contributed by atoms with Crippen molar-refractivity contribution in [2.45, 2.75) is 25.8 Å². The summed E-state index contributed by atoms with van der Waals surface area (Å²) < 4.78 is 5.61. The Labute approximate surface area is 193 Å². The Kier molecular flexibility index (Phi) is 6.20. The molecular weight excluding hydrogens is 422 g/mol. The van der Waals surface area contributed by atoms with Crippen LogP contribution in [0.3, 0.4) is 0 Å². The summed E-state index contributed by atoms with van der Waals surface area (Å²) in [4.78, 5) is 33.5. The highest BCUT2D eigenvalue weighted by atomic mass is 32.1. The number of para-hydroxylation sites is 1. The zero-order chi connectivity index (χ0) is 22.0. The molecule has 3 aliphatic rings. The smallest absolute Gasteiger partial charge is 0.260 e. The summed E-state index contributed by atoms with van der Waals surface area (Å²) in [6, 6.07) is 13.7. The molecule has 6 nitrogen and oxygen atoms in total. The summed E-state index contributed by atoms with van der Waals surface area (Å²) >= 11 is 1.80. The molecule has 32 heavy (non-hydrogen) atoms. The number of amides is 2. The highest BCUT2D eigenvalue weighted by molar-refractivity contribution is 7.09. The molecule has 1 aromatic carbocycles. The number of hydrogen-bond donors (Lipinski definition) is 0. The zero-order valence-electron chi connectivity index (χ0n) is 18.4. The van der Waals surface area contributed by atoms with Gasteiger partial charge < -0.3 is 14.5 Å². The number of carbonyl (C=O) groups is 2. The number of rotatable bonds is 6. The van der Waals surface area contributed by atoms with E-state index in [1.165, 1.54) is 4.88 Å². The number of benzene rings is 1. The van der Waals surface area contributed by atoms with Crippen molar-refractivity contribution >= 4 is 23.2 Å². The summed E-state index contributed by atoms with van der Waals surface area (Å²) in [5, 5.41) is 2.12. The summed E-state index contributed by atoms with van der Waals surface area (Å²) in [6.45, 7) is 6.10. The molecule has 2 saturated heterocycles. The molecule has 1 saturated carbocycles. The van der Waals surface area contributed by atoms with Gasteiger partial charge in [-0.1, -0.05) is 24.3 Å². The van der Waals surface area contributed by atoms with Gasteiger partial charge in [-0.2, -0.15) is 0 Å². The van der Waals surface area contributed by atoms with E-state index < -0.39 is 0 Å². The molecule has 2 amide bonds. The molecule has 1 aromatic heterocycles. The fraction of sp³-hybridized carbons (Fsp3) is 0.520. The number of nitrogens with zero attached hydrogens (tertiary/aromatic N) is 3. The molecule has 170 valence electrons. The second-order valence-electron chi connectivity index (χ2n) is 9.28. The lowest BCUT2D eigenvalue weighted by atomic mass is 9.90. The first-order valence-electron chi connectivity index (χ1n) is 11.6. The van der Waals surface area contributed by atoms with Gasteiger partial charge in [0.15, 0.2) is 6.61 Å². The topological polar surface area (TPSA) is 53.1 Å². The van der Waals surface area contributed by atoms with Gasteiger partial charge in [-0.25, -0.2) is 0 Å². The minimum Gasteiger partial charge on any atom is -0.484 e. The van der Waals surface area contributed by atoms with E-state index in [9.17, 15) is 9.59 Å². The van der Waals surface area contributed by atoms with Crippen LogP contribution in [0.1, 0.15) is 24.1 Å². The quantitative estimate of drug-likeness (QED) is 0.675. The lowest BCUT2D eigenvalue weighted by molar-refractivity contribution is -0.136. The van der Waals surface area contributed by atoms with E-state index in [0.717, 1.165) is 70.8 Å². The van der Waals surface area contributed by atoms with Crippen LogP contribution in [0.4, 0.5) is 0 Å². The molecule has 7 heteroatoms. The highest BCUT2D eigenvalue weighted by Crippen LogP contribution is 2.60. The Morgan fingerprint density at radius 2 is 1.69 bits per heavy atom. The van der Waals surface area contributed by atoms with E-state index in [2.05, 4.69) is 27.3 Å². The van der Waals surface area contributed by atoms with Crippen molar-refractivity contribution in [3.63, 3.8) is 0 Å². The van der Waals surface area contributed by atoms with Gasteiger partial charge in [0.05, 0.1) is 0 Å². The number of piperazine rings is 1. The van der Waals surface area contributed by atoms with Crippen molar-refractivity contribution in [1.82, 2.24) is 14.7 Å². The first-order chi connectivity index (χ1) is 15.6. The van der Waals surface area contributed by atoms with Gasteiger partial charge in [-0.3, -0.25) is 14.5 Å². The number of ether oxygens (including phenoxy) is 1. The average molecular weight is 454 g/mol. The minimum atomic E-state index is 0.0362. The molecule has 5 rings (SSSR count). The molecular formula is C25H31N3O3S. The summed E-state index contributed by atoms with van der Waals surface area (Å²) in [5.74, 6) is 1.25. The monoisotopic (exact) mass is 453 g/mol. The van der Waals surface area contributed by atoms with Crippen molar-refractivity contribution in [3.8, 4) is 5.75 Å². The van der Waals surface area contributed by atoms with Crippen LogP contribution in [0.5, 0.6) is 5.75 Å². The molecule has 3 fully saturated rings. The van der Waals surface area contributed by atoms with Crippen LogP contribution in [0.25, 0.3) is 0 Å².